The van der Waals surface area contributed by atoms with Gasteiger partial charge in [-0.25, -0.2) is 13.4 Å². The zero-order chi connectivity index (χ0) is 19.9. The normalized spacial score (nSPS) is 13.4. The summed E-state index contributed by atoms with van der Waals surface area (Å²) < 4.78 is 27.7. The highest BCUT2D eigenvalue weighted by molar-refractivity contribution is 7.93. The van der Waals surface area contributed by atoms with E-state index in [2.05, 4.69) is 9.71 Å². The molecule has 3 aromatic rings. The van der Waals surface area contributed by atoms with E-state index in [0.29, 0.717) is 17.1 Å². The summed E-state index contributed by atoms with van der Waals surface area (Å²) in [6.07, 6.45) is 0.812. The lowest BCUT2D eigenvalue weighted by Crippen LogP contribution is -2.28. The third-order valence-electron chi connectivity index (χ3n) is 4.68. The first kappa shape index (κ1) is 18.6. The summed E-state index contributed by atoms with van der Waals surface area (Å²) >= 11 is 1.06. The molecule has 1 aliphatic heterocycles. The number of hydrogen-bond acceptors (Lipinski definition) is 5. The van der Waals surface area contributed by atoms with Gasteiger partial charge in [0.2, 0.25) is 0 Å². The molecule has 0 saturated carbocycles. The lowest BCUT2D eigenvalue weighted by Gasteiger charge is -2.16. The number of thiazole rings is 1. The third kappa shape index (κ3) is 3.41. The van der Waals surface area contributed by atoms with Gasteiger partial charge < -0.3 is 4.90 Å². The van der Waals surface area contributed by atoms with Gasteiger partial charge in [0.1, 0.15) is 4.88 Å². The van der Waals surface area contributed by atoms with Gasteiger partial charge in [-0.3, -0.25) is 9.52 Å². The van der Waals surface area contributed by atoms with Crippen LogP contribution in [0.3, 0.4) is 0 Å². The number of rotatable bonds is 4. The average molecular weight is 414 g/mol. The first-order valence-corrected chi connectivity index (χ1v) is 11.1. The molecule has 4 rings (SSSR count). The van der Waals surface area contributed by atoms with Crippen LogP contribution in [0.25, 0.3) is 0 Å². The second kappa shape index (κ2) is 7.03. The number of anilines is 2. The highest BCUT2D eigenvalue weighted by Gasteiger charge is 2.28. The van der Waals surface area contributed by atoms with Gasteiger partial charge >= 0.3 is 0 Å². The van der Waals surface area contributed by atoms with Crippen LogP contribution in [0.1, 0.15) is 26.5 Å². The molecule has 1 aliphatic rings. The number of nitrogens with zero attached hydrogens (tertiary/aromatic N) is 2. The lowest BCUT2D eigenvalue weighted by atomic mass is 10.2. The molecule has 2 aromatic carbocycles. The lowest BCUT2D eigenvalue weighted by molar-refractivity contribution is 0.0992. The first-order valence-electron chi connectivity index (χ1n) is 8.82. The van der Waals surface area contributed by atoms with Crippen molar-refractivity contribution in [3.05, 3.63) is 70.2 Å². The highest BCUT2D eigenvalue weighted by atomic mass is 32.2. The number of amides is 1. The quantitative estimate of drug-likeness (QED) is 0.706. The Bertz CT molecular complexity index is 1150. The number of carbonyl (C=O) groups is 1. The van der Waals surface area contributed by atoms with Gasteiger partial charge in [0.25, 0.3) is 15.9 Å². The zero-order valence-corrected chi connectivity index (χ0v) is 17.1. The van der Waals surface area contributed by atoms with Gasteiger partial charge in [0, 0.05) is 12.2 Å². The van der Waals surface area contributed by atoms with Crippen molar-refractivity contribution in [3.8, 4) is 0 Å². The molecule has 1 amide bonds. The summed E-state index contributed by atoms with van der Waals surface area (Å²) in [5.74, 6) is -0.152. The second-order valence-corrected chi connectivity index (χ2v) is 9.37. The van der Waals surface area contributed by atoms with E-state index in [4.69, 9.17) is 0 Å². The van der Waals surface area contributed by atoms with Crippen molar-refractivity contribution < 1.29 is 13.2 Å². The number of aryl methyl sites for hydroxylation is 2. The van der Waals surface area contributed by atoms with E-state index in [-0.39, 0.29) is 15.9 Å². The number of sulfonamides is 1. The molecule has 0 aliphatic carbocycles. The van der Waals surface area contributed by atoms with Crippen LogP contribution in [0.15, 0.2) is 53.4 Å². The summed E-state index contributed by atoms with van der Waals surface area (Å²) in [5, 5.41) is 0.189. The van der Waals surface area contributed by atoms with E-state index in [1.54, 1.807) is 36.1 Å². The Labute approximate surface area is 167 Å². The third-order valence-corrected chi connectivity index (χ3v) is 7.22. The SMILES string of the molecule is Cc1ccc(S(=O)(=O)Nc2nc(C)c(C(=O)N3CCc4ccccc43)s2)cc1. The van der Waals surface area contributed by atoms with E-state index in [1.807, 2.05) is 31.2 Å². The summed E-state index contributed by atoms with van der Waals surface area (Å²) in [5.41, 5.74) is 3.53. The van der Waals surface area contributed by atoms with Crippen LogP contribution in [0.4, 0.5) is 10.8 Å². The summed E-state index contributed by atoms with van der Waals surface area (Å²) in [6.45, 7) is 4.22. The van der Waals surface area contributed by atoms with Gasteiger partial charge in [0.15, 0.2) is 5.13 Å². The minimum Gasteiger partial charge on any atom is -0.307 e. The molecule has 0 radical (unpaired) electrons. The molecule has 0 atom stereocenters. The number of aromatic nitrogens is 1. The van der Waals surface area contributed by atoms with Crippen molar-refractivity contribution in [1.82, 2.24) is 4.98 Å². The molecule has 6 nitrogen and oxygen atoms in total. The number of para-hydroxylation sites is 1. The predicted octanol–water partition coefficient (Wildman–Crippen LogP) is 3.76. The Morgan fingerprint density at radius 3 is 2.57 bits per heavy atom. The van der Waals surface area contributed by atoms with E-state index < -0.39 is 10.0 Å². The van der Waals surface area contributed by atoms with Crippen molar-refractivity contribution in [1.29, 1.82) is 0 Å². The van der Waals surface area contributed by atoms with Crippen LogP contribution in [0, 0.1) is 13.8 Å². The van der Waals surface area contributed by atoms with Crippen LogP contribution in [-0.2, 0) is 16.4 Å². The van der Waals surface area contributed by atoms with Crippen LogP contribution >= 0.6 is 11.3 Å². The number of fused-ring (bicyclic) bond motifs is 1. The molecule has 0 unspecified atom stereocenters. The molecule has 1 N–H and O–H groups in total. The Morgan fingerprint density at radius 2 is 1.82 bits per heavy atom. The van der Waals surface area contributed by atoms with E-state index in [1.165, 1.54) is 0 Å². The van der Waals surface area contributed by atoms with Crippen LogP contribution in [-0.4, -0.2) is 25.9 Å². The molecule has 0 saturated heterocycles. The predicted molar refractivity (Wildman–Crippen MR) is 111 cm³/mol. The smallest absolute Gasteiger partial charge is 0.270 e. The maximum absolute atomic E-state index is 13.0. The summed E-state index contributed by atoms with van der Waals surface area (Å²) in [4.78, 5) is 19.6. The molecular formula is C20H19N3O3S2. The first-order chi connectivity index (χ1) is 13.3. The second-order valence-electron chi connectivity index (χ2n) is 6.69. The molecular weight excluding hydrogens is 394 g/mol. The topological polar surface area (TPSA) is 79.4 Å². The number of nitrogens with one attached hydrogen (secondary N) is 1. The Kier molecular flexibility index (Phi) is 4.68. The molecule has 144 valence electrons. The van der Waals surface area contributed by atoms with E-state index in [0.717, 1.165) is 34.6 Å². The maximum atomic E-state index is 13.0. The van der Waals surface area contributed by atoms with Gasteiger partial charge in [-0.15, -0.1) is 0 Å². The molecule has 28 heavy (non-hydrogen) atoms. The highest BCUT2D eigenvalue weighted by Crippen LogP contribution is 2.32. The molecule has 1 aromatic heterocycles. The number of benzene rings is 2. The zero-order valence-electron chi connectivity index (χ0n) is 15.5. The minimum atomic E-state index is -3.75. The van der Waals surface area contributed by atoms with Crippen LogP contribution in [0.5, 0.6) is 0 Å². The maximum Gasteiger partial charge on any atom is 0.270 e. The standard InChI is InChI=1S/C20H19N3O3S2/c1-13-7-9-16(10-8-13)28(25,26)22-20-21-14(2)18(27-20)19(24)23-12-11-15-5-3-4-6-17(15)23/h3-10H,11-12H2,1-2H3,(H,21,22). The fourth-order valence-corrected chi connectivity index (χ4v) is 5.35. The fourth-order valence-electron chi connectivity index (χ4n) is 3.20. The molecule has 0 spiro atoms. The van der Waals surface area contributed by atoms with Crippen LogP contribution in [0.2, 0.25) is 0 Å². The van der Waals surface area contributed by atoms with Crippen molar-refractivity contribution in [3.63, 3.8) is 0 Å². The van der Waals surface area contributed by atoms with Gasteiger partial charge in [-0.2, -0.15) is 0 Å². The Hall–Kier alpha value is -2.71. The molecule has 2 heterocycles. The van der Waals surface area contributed by atoms with Crippen molar-refractivity contribution in [2.24, 2.45) is 0 Å². The molecule has 0 bridgehead atoms. The van der Waals surface area contributed by atoms with Gasteiger partial charge in [0.05, 0.1) is 10.6 Å². The summed E-state index contributed by atoms with van der Waals surface area (Å²) in [6, 6.07) is 14.4. The molecule has 8 heteroatoms. The van der Waals surface area contributed by atoms with E-state index in [9.17, 15) is 13.2 Å². The van der Waals surface area contributed by atoms with Gasteiger partial charge in [-0.1, -0.05) is 47.2 Å². The Balaban J connectivity index is 1.59. The van der Waals surface area contributed by atoms with Crippen LogP contribution < -0.4 is 9.62 Å². The Morgan fingerprint density at radius 1 is 1.11 bits per heavy atom. The summed E-state index contributed by atoms with van der Waals surface area (Å²) in [7, 11) is -3.75. The monoisotopic (exact) mass is 413 g/mol. The number of hydrogen-bond donors (Lipinski definition) is 1. The minimum absolute atomic E-state index is 0.152. The van der Waals surface area contributed by atoms with Crippen molar-refractivity contribution in [2.75, 3.05) is 16.2 Å². The van der Waals surface area contributed by atoms with E-state index >= 15 is 0 Å². The fraction of sp³-hybridized carbons (Fsp3) is 0.200. The average Bonchev–Trinajstić information content (AvgIpc) is 3.24. The van der Waals surface area contributed by atoms with Crippen molar-refractivity contribution >= 4 is 38.1 Å². The van der Waals surface area contributed by atoms with Gasteiger partial charge in [-0.05, 0) is 44.0 Å². The molecule has 0 fully saturated rings. The largest absolute Gasteiger partial charge is 0.307 e. The van der Waals surface area contributed by atoms with Crippen molar-refractivity contribution in [2.45, 2.75) is 25.2 Å². The number of carbonyl (C=O) groups excluding carboxylic acids is 1.